The van der Waals surface area contributed by atoms with Gasteiger partial charge >= 0.3 is 39.5 Å². The van der Waals surface area contributed by atoms with Crippen LogP contribution in [0.5, 0.6) is 0 Å². The molecule has 0 aromatic rings. The number of carbonyl (C=O) groups is 4. The monoisotopic (exact) mass is 1410 g/mol. The molecular weight excluding hydrogens is 1260 g/mol. The number of unbranched alkanes of at least 4 members (excludes halogenated alkanes) is 38. The van der Waals surface area contributed by atoms with Crippen molar-refractivity contribution in [1.29, 1.82) is 0 Å². The summed E-state index contributed by atoms with van der Waals surface area (Å²) in [4.78, 5) is 72.8. The van der Waals surface area contributed by atoms with Gasteiger partial charge in [0, 0.05) is 25.7 Å². The van der Waals surface area contributed by atoms with Gasteiger partial charge in [-0.3, -0.25) is 37.3 Å². The molecule has 0 fully saturated rings. The lowest BCUT2D eigenvalue weighted by molar-refractivity contribution is -0.161. The van der Waals surface area contributed by atoms with E-state index in [1.165, 1.54) is 161 Å². The third kappa shape index (κ3) is 70.0. The molecule has 0 amide bonds. The van der Waals surface area contributed by atoms with Gasteiger partial charge in [0.2, 0.25) is 0 Å². The Morgan fingerprint density at radius 3 is 0.844 bits per heavy atom. The smallest absolute Gasteiger partial charge is 0.462 e. The lowest BCUT2D eigenvalue weighted by Gasteiger charge is -2.21. The number of aliphatic hydroxyl groups is 1. The maximum atomic E-state index is 13.1. The van der Waals surface area contributed by atoms with Crippen molar-refractivity contribution in [3.8, 4) is 0 Å². The third-order valence-electron chi connectivity index (χ3n) is 17.3. The predicted octanol–water partition coefficient (Wildman–Crippen LogP) is 22.1. The molecule has 0 aliphatic heterocycles. The molecular formula is C77H146O17P2. The van der Waals surface area contributed by atoms with Crippen LogP contribution in [0.3, 0.4) is 0 Å². The molecule has 0 aliphatic rings. The molecule has 19 heteroatoms. The van der Waals surface area contributed by atoms with E-state index in [9.17, 15) is 43.2 Å². The normalized spacial score (nSPS) is 14.2. The number of hydrogen-bond donors (Lipinski definition) is 3. The second kappa shape index (κ2) is 67.1. The number of rotatable bonds is 73. The average Bonchev–Trinajstić information content (AvgIpc) is 1.51. The molecule has 0 aromatic heterocycles. The van der Waals surface area contributed by atoms with E-state index in [0.717, 1.165) is 121 Å². The molecule has 17 nitrogen and oxygen atoms in total. The molecule has 0 saturated carbocycles. The highest BCUT2D eigenvalue weighted by atomic mass is 31.2. The Morgan fingerprint density at radius 2 is 0.562 bits per heavy atom. The van der Waals surface area contributed by atoms with Gasteiger partial charge in [0.05, 0.1) is 26.4 Å². The average molecular weight is 1410 g/mol. The second-order valence-corrected chi connectivity index (χ2v) is 31.4. The Morgan fingerprint density at radius 1 is 0.323 bits per heavy atom. The van der Waals surface area contributed by atoms with E-state index in [1.54, 1.807) is 0 Å². The van der Waals surface area contributed by atoms with Crippen molar-refractivity contribution in [3.63, 3.8) is 0 Å². The van der Waals surface area contributed by atoms with Gasteiger partial charge in [-0.15, -0.1) is 0 Å². The summed E-state index contributed by atoms with van der Waals surface area (Å²) in [6.45, 7) is 11.8. The molecule has 0 saturated heterocycles. The van der Waals surface area contributed by atoms with E-state index in [0.29, 0.717) is 31.6 Å². The lowest BCUT2D eigenvalue weighted by Crippen LogP contribution is -2.30. The van der Waals surface area contributed by atoms with Crippen molar-refractivity contribution < 1.29 is 80.2 Å². The molecule has 0 heterocycles. The van der Waals surface area contributed by atoms with Crippen LogP contribution in [0.25, 0.3) is 0 Å². The molecule has 0 spiro atoms. The molecule has 0 aliphatic carbocycles. The summed E-state index contributed by atoms with van der Waals surface area (Å²) in [6, 6.07) is 0. The number of ether oxygens (including phenoxy) is 4. The molecule has 96 heavy (non-hydrogen) atoms. The highest BCUT2D eigenvalue weighted by Gasteiger charge is 2.30. The van der Waals surface area contributed by atoms with Gasteiger partial charge in [-0.25, -0.2) is 9.13 Å². The zero-order valence-electron chi connectivity index (χ0n) is 62.3. The zero-order chi connectivity index (χ0) is 70.9. The zero-order valence-corrected chi connectivity index (χ0v) is 64.1. The molecule has 0 aromatic carbocycles. The van der Waals surface area contributed by atoms with Crippen molar-refractivity contribution in [1.82, 2.24) is 0 Å². The van der Waals surface area contributed by atoms with E-state index >= 15 is 0 Å². The van der Waals surface area contributed by atoms with Gasteiger partial charge in [-0.1, -0.05) is 317 Å². The van der Waals surface area contributed by atoms with Crippen molar-refractivity contribution in [3.05, 3.63) is 24.3 Å². The summed E-state index contributed by atoms with van der Waals surface area (Å²) >= 11 is 0. The number of aliphatic hydroxyl groups excluding tert-OH is 1. The van der Waals surface area contributed by atoms with Crippen LogP contribution in [0.2, 0.25) is 0 Å². The fourth-order valence-corrected chi connectivity index (χ4v) is 12.8. The van der Waals surface area contributed by atoms with E-state index in [2.05, 4.69) is 72.8 Å². The minimum Gasteiger partial charge on any atom is -0.462 e. The number of hydrogen-bond acceptors (Lipinski definition) is 15. The molecule has 566 valence electrons. The van der Waals surface area contributed by atoms with Crippen molar-refractivity contribution in [2.75, 3.05) is 39.6 Å². The standard InChI is InChI=1S/C77H146O17P2/c1-8-9-10-11-12-13-14-15-17-21-26-32-37-46-53-61-77(82)94-73(65-88-75(80)59-52-45-40-39-43-50-57-70(6)7)67-92-96(85,86)90-63-71(78)62-89-95(83,84)91-66-72(64-87-74(79)58-51-44-36-31-28-23-25-30-35-42-49-56-69(4)5)93-76(81)60-54-47-38-33-27-22-19-16-18-20-24-29-34-41-48-55-68(2)3/h13-15,17,68-73,78H,8-12,16,18-67H2,1-7H3,(H,83,84)(H,85,86)/b14-13-,17-15-/t71-,72-,73-/m1/s1. The highest BCUT2D eigenvalue weighted by molar-refractivity contribution is 7.47. The van der Waals surface area contributed by atoms with Gasteiger partial charge < -0.3 is 33.8 Å². The summed E-state index contributed by atoms with van der Waals surface area (Å²) in [7, 11) is -9.93. The first-order valence-electron chi connectivity index (χ1n) is 39.2. The molecule has 0 bridgehead atoms. The first kappa shape index (κ1) is 93.5. The van der Waals surface area contributed by atoms with Crippen LogP contribution in [0.4, 0.5) is 0 Å². The van der Waals surface area contributed by atoms with Crippen molar-refractivity contribution >= 4 is 39.5 Å². The summed E-state index contributed by atoms with van der Waals surface area (Å²) in [5.74, 6) is 0.0978. The van der Waals surface area contributed by atoms with Crippen molar-refractivity contribution in [2.45, 2.75) is 388 Å². The van der Waals surface area contributed by atoms with Gasteiger partial charge in [-0.2, -0.15) is 0 Å². The summed E-state index contributed by atoms with van der Waals surface area (Å²) in [6.07, 6.45) is 56.4. The summed E-state index contributed by atoms with van der Waals surface area (Å²) < 4.78 is 68.5. The number of carbonyl (C=O) groups excluding carboxylic acids is 4. The van der Waals surface area contributed by atoms with E-state index < -0.39 is 97.5 Å². The number of phosphoric acid groups is 2. The van der Waals surface area contributed by atoms with Crippen LogP contribution in [0.15, 0.2) is 24.3 Å². The largest absolute Gasteiger partial charge is 0.472 e. The predicted molar refractivity (Wildman–Crippen MR) is 390 cm³/mol. The first-order valence-corrected chi connectivity index (χ1v) is 42.2. The Labute approximate surface area is 586 Å². The van der Waals surface area contributed by atoms with Crippen LogP contribution in [-0.2, 0) is 65.4 Å². The van der Waals surface area contributed by atoms with Crippen LogP contribution >= 0.6 is 15.6 Å². The minimum absolute atomic E-state index is 0.0837. The molecule has 3 N–H and O–H groups in total. The topological polar surface area (TPSA) is 237 Å². The molecule has 5 atom stereocenters. The fraction of sp³-hybridized carbons (Fsp3) is 0.896. The first-order chi connectivity index (χ1) is 46.2. The molecule has 0 radical (unpaired) electrons. The van der Waals surface area contributed by atoms with Crippen LogP contribution in [0, 0.1) is 17.8 Å². The minimum atomic E-state index is -4.96. The van der Waals surface area contributed by atoms with Gasteiger partial charge in [-0.05, 0) is 69.1 Å². The number of phosphoric ester groups is 2. The van der Waals surface area contributed by atoms with Crippen LogP contribution < -0.4 is 0 Å². The third-order valence-corrected chi connectivity index (χ3v) is 19.2. The van der Waals surface area contributed by atoms with Gasteiger partial charge in [0.25, 0.3) is 0 Å². The Hall–Kier alpha value is -2.46. The summed E-state index contributed by atoms with van der Waals surface area (Å²) in [5.41, 5.74) is 0. The van der Waals surface area contributed by atoms with E-state index in [1.807, 2.05) is 0 Å². The summed E-state index contributed by atoms with van der Waals surface area (Å²) in [5, 5.41) is 10.6. The van der Waals surface area contributed by atoms with Crippen molar-refractivity contribution in [2.24, 2.45) is 17.8 Å². The van der Waals surface area contributed by atoms with Gasteiger partial charge in [0.15, 0.2) is 12.2 Å². The maximum absolute atomic E-state index is 13.1. The van der Waals surface area contributed by atoms with Crippen LogP contribution in [0.1, 0.15) is 370 Å². The maximum Gasteiger partial charge on any atom is 0.472 e. The van der Waals surface area contributed by atoms with E-state index in [4.69, 9.17) is 37.0 Å². The quantitative estimate of drug-likeness (QED) is 0.0169. The molecule has 0 rings (SSSR count). The fourth-order valence-electron chi connectivity index (χ4n) is 11.2. The number of esters is 4. The number of allylic oxidation sites excluding steroid dienone is 4. The van der Waals surface area contributed by atoms with Gasteiger partial charge in [0.1, 0.15) is 19.3 Å². The lowest BCUT2D eigenvalue weighted by atomic mass is 10.0. The van der Waals surface area contributed by atoms with Crippen LogP contribution in [-0.4, -0.2) is 96.7 Å². The molecule has 2 unspecified atom stereocenters. The highest BCUT2D eigenvalue weighted by Crippen LogP contribution is 2.45. The SMILES string of the molecule is CCCCCC/C=C\C=C/CCCCCCCC(=O)O[C@H](COC(=O)CCCCCCCCC(C)C)COP(=O)(O)OC[C@H](O)COP(=O)(O)OC[C@@H](COC(=O)CCCCCCCCCCCCCC(C)C)OC(=O)CCCCCCCCCCCCCCCCCC(C)C. The van der Waals surface area contributed by atoms with E-state index in [-0.39, 0.29) is 25.7 Å². The second-order valence-electron chi connectivity index (χ2n) is 28.5. The Balaban J connectivity index is 5.27. The Kier molecular flexibility index (Phi) is 65.3. The Bertz CT molecular complexity index is 1960.